The van der Waals surface area contributed by atoms with Gasteiger partial charge in [-0.1, -0.05) is 0 Å². The van der Waals surface area contributed by atoms with Crippen molar-refractivity contribution in [3.63, 3.8) is 0 Å². The smallest absolute Gasteiger partial charge is 0.392 e. The van der Waals surface area contributed by atoms with E-state index in [-0.39, 0.29) is 12.1 Å². The molecule has 0 aliphatic carbocycles. The number of hydrogen-bond donors (Lipinski definition) is 2. The van der Waals surface area contributed by atoms with Crippen LogP contribution in [-0.2, 0) is 6.18 Å². The van der Waals surface area contributed by atoms with Crippen molar-refractivity contribution in [2.24, 2.45) is 0 Å². The van der Waals surface area contributed by atoms with E-state index in [1.54, 1.807) is 0 Å². The zero-order valence-corrected chi connectivity index (χ0v) is 9.38. The van der Waals surface area contributed by atoms with Gasteiger partial charge in [-0.3, -0.25) is 4.79 Å². The van der Waals surface area contributed by atoms with Gasteiger partial charge in [0.1, 0.15) is 5.82 Å². The van der Waals surface area contributed by atoms with Crippen LogP contribution in [0.2, 0.25) is 0 Å². The Labute approximate surface area is 100 Å². The first-order valence-electron chi connectivity index (χ1n) is 5.05. The number of carbonyl (C=O) groups is 1. The van der Waals surface area contributed by atoms with Crippen LogP contribution < -0.4 is 5.32 Å². The van der Waals surface area contributed by atoms with E-state index in [9.17, 15) is 22.4 Å². The molecule has 0 saturated heterocycles. The van der Waals surface area contributed by atoms with Gasteiger partial charge in [0, 0.05) is 12.1 Å². The molecule has 0 spiro atoms. The third kappa shape index (κ3) is 3.69. The lowest BCUT2D eigenvalue weighted by Crippen LogP contribution is -2.30. The number of halogens is 4. The third-order valence-corrected chi connectivity index (χ3v) is 2.09. The van der Waals surface area contributed by atoms with Gasteiger partial charge >= 0.3 is 6.18 Å². The Kier molecular flexibility index (Phi) is 4.28. The molecule has 0 unspecified atom stereocenters. The summed E-state index contributed by atoms with van der Waals surface area (Å²) in [6.45, 7) is 1.31. The molecule has 1 amide bonds. The van der Waals surface area contributed by atoms with Gasteiger partial charge in [-0.2, -0.15) is 13.2 Å². The molecule has 0 saturated carbocycles. The van der Waals surface area contributed by atoms with Crippen molar-refractivity contribution >= 4 is 5.91 Å². The fraction of sp³-hybridized carbons (Fsp3) is 0.364. The van der Waals surface area contributed by atoms with E-state index < -0.39 is 29.6 Å². The molecule has 1 aromatic carbocycles. The fourth-order valence-electron chi connectivity index (χ4n) is 1.23. The van der Waals surface area contributed by atoms with E-state index in [0.29, 0.717) is 12.1 Å². The van der Waals surface area contributed by atoms with Crippen LogP contribution in [0.4, 0.5) is 17.6 Å². The lowest BCUT2D eigenvalue weighted by Gasteiger charge is -2.11. The summed E-state index contributed by atoms with van der Waals surface area (Å²) in [6, 6.07) is 1.97. The number of aliphatic hydroxyl groups is 1. The maximum Gasteiger partial charge on any atom is 0.419 e. The SMILES string of the molecule is C[C@@H](O)CNC(=O)c1ccc(F)c(C(F)(F)F)c1. The van der Waals surface area contributed by atoms with E-state index in [2.05, 4.69) is 5.32 Å². The van der Waals surface area contributed by atoms with Gasteiger partial charge in [0.15, 0.2) is 0 Å². The van der Waals surface area contributed by atoms with Gasteiger partial charge in [0.25, 0.3) is 5.91 Å². The highest BCUT2D eigenvalue weighted by Gasteiger charge is 2.34. The molecule has 0 aliphatic rings. The largest absolute Gasteiger partial charge is 0.419 e. The lowest BCUT2D eigenvalue weighted by molar-refractivity contribution is -0.140. The summed E-state index contributed by atoms with van der Waals surface area (Å²) in [4.78, 5) is 11.4. The predicted molar refractivity (Wildman–Crippen MR) is 55.4 cm³/mol. The average Bonchev–Trinajstić information content (AvgIpc) is 2.24. The highest BCUT2D eigenvalue weighted by molar-refractivity contribution is 5.94. The van der Waals surface area contributed by atoms with Crippen molar-refractivity contribution in [2.45, 2.75) is 19.2 Å². The Balaban J connectivity index is 2.95. The lowest BCUT2D eigenvalue weighted by atomic mass is 10.1. The second-order valence-electron chi connectivity index (χ2n) is 3.75. The van der Waals surface area contributed by atoms with Crippen LogP contribution >= 0.6 is 0 Å². The summed E-state index contributed by atoms with van der Waals surface area (Å²) in [5.74, 6) is -2.24. The molecule has 0 aliphatic heterocycles. The van der Waals surface area contributed by atoms with Gasteiger partial charge in [0.2, 0.25) is 0 Å². The molecule has 18 heavy (non-hydrogen) atoms. The summed E-state index contributed by atoms with van der Waals surface area (Å²) < 4.78 is 50.1. The Morgan fingerprint density at radius 2 is 2.06 bits per heavy atom. The highest BCUT2D eigenvalue weighted by Crippen LogP contribution is 2.31. The maximum atomic E-state index is 13.0. The van der Waals surface area contributed by atoms with Crippen LogP contribution in [0.3, 0.4) is 0 Å². The normalized spacial score (nSPS) is 13.2. The van der Waals surface area contributed by atoms with Crippen LogP contribution in [0, 0.1) is 5.82 Å². The number of alkyl halides is 3. The van der Waals surface area contributed by atoms with Crippen LogP contribution in [0.15, 0.2) is 18.2 Å². The first-order valence-corrected chi connectivity index (χ1v) is 5.05. The summed E-state index contributed by atoms with van der Waals surface area (Å²) in [5.41, 5.74) is -1.81. The van der Waals surface area contributed by atoms with Gasteiger partial charge in [-0.05, 0) is 25.1 Å². The quantitative estimate of drug-likeness (QED) is 0.821. The molecule has 0 radical (unpaired) electrons. The highest BCUT2D eigenvalue weighted by atomic mass is 19.4. The van der Waals surface area contributed by atoms with Crippen molar-refractivity contribution in [3.05, 3.63) is 35.1 Å². The zero-order chi connectivity index (χ0) is 13.9. The molecule has 1 aromatic rings. The summed E-state index contributed by atoms with van der Waals surface area (Å²) in [6.07, 6.45) is -5.68. The van der Waals surface area contributed by atoms with E-state index in [1.165, 1.54) is 6.92 Å². The van der Waals surface area contributed by atoms with Crippen molar-refractivity contribution in [1.29, 1.82) is 0 Å². The minimum atomic E-state index is -4.86. The molecular weight excluding hydrogens is 254 g/mol. The summed E-state index contributed by atoms with van der Waals surface area (Å²) in [7, 11) is 0. The second-order valence-corrected chi connectivity index (χ2v) is 3.75. The number of benzene rings is 1. The number of nitrogens with one attached hydrogen (secondary N) is 1. The molecule has 2 N–H and O–H groups in total. The maximum absolute atomic E-state index is 13.0. The third-order valence-electron chi connectivity index (χ3n) is 2.09. The monoisotopic (exact) mass is 265 g/mol. The zero-order valence-electron chi connectivity index (χ0n) is 9.38. The Morgan fingerprint density at radius 3 is 2.56 bits per heavy atom. The summed E-state index contributed by atoms with van der Waals surface area (Å²) >= 11 is 0. The fourth-order valence-corrected chi connectivity index (χ4v) is 1.23. The number of rotatable bonds is 3. The molecule has 0 aromatic heterocycles. The van der Waals surface area contributed by atoms with Crippen LogP contribution in [0.25, 0.3) is 0 Å². The number of carbonyl (C=O) groups excluding carboxylic acids is 1. The molecular formula is C11H11F4NO2. The second kappa shape index (κ2) is 5.34. The predicted octanol–water partition coefficient (Wildman–Crippen LogP) is 1.96. The van der Waals surface area contributed by atoms with Crippen LogP contribution in [0.5, 0.6) is 0 Å². The minimum Gasteiger partial charge on any atom is -0.392 e. The van der Waals surface area contributed by atoms with Gasteiger partial charge in [-0.25, -0.2) is 4.39 Å². The van der Waals surface area contributed by atoms with Gasteiger partial charge in [-0.15, -0.1) is 0 Å². The van der Waals surface area contributed by atoms with Crippen molar-refractivity contribution in [2.75, 3.05) is 6.54 Å². The van der Waals surface area contributed by atoms with Crippen LogP contribution in [-0.4, -0.2) is 23.7 Å². The number of hydrogen-bond acceptors (Lipinski definition) is 2. The number of aliphatic hydroxyl groups excluding tert-OH is 1. The van der Waals surface area contributed by atoms with E-state index >= 15 is 0 Å². The molecule has 1 atom stereocenters. The topological polar surface area (TPSA) is 49.3 Å². The first kappa shape index (κ1) is 14.4. The van der Waals surface area contributed by atoms with Crippen molar-refractivity contribution < 1.29 is 27.5 Å². The van der Waals surface area contributed by atoms with E-state index in [0.717, 1.165) is 6.07 Å². The number of amides is 1. The molecule has 100 valence electrons. The van der Waals surface area contributed by atoms with Gasteiger partial charge < -0.3 is 10.4 Å². The van der Waals surface area contributed by atoms with Crippen molar-refractivity contribution in [3.8, 4) is 0 Å². The molecule has 0 heterocycles. The summed E-state index contributed by atoms with van der Waals surface area (Å²) in [5, 5.41) is 11.1. The van der Waals surface area contributed by atoms with Crippen molar-refractivity contribution in [1.82, 2.24) is 5.32 Å². The standard InChI is InChI=1S/C11H11F4NO2/c1-6(17)5-16-10(18)7-2-3-9(12)8(4-7)11(13,14)15/h2-4,6,17H,5H2,1H3,(H,16,18)/t6-/m1/s1. The first-order chi connectivity index (χ1) is 8.21. The molecule has 0 bridgehead atoms. The van der Waals surface area contributed by atoms with E-state index in [4.69, 9.17) is 5.11 Å². The van der Waals surface area contributed by atoms with E-state index in [1.807, 2.05) is 0 Å². The Bertz CT molecular complexity index is 443. The minimum absolute atomic E-state index is 0.0996. The molecule has 3 nitrogen and oxygen atoms in total. The Hall–Kier alpha value is -1.63. The van der Waals surface area contributed by atoms with Crippen LogP contribution in [0.1, 0.15) is 22.8 Å². The molecule has 7 heteroatoms. The molecule has 1 rings (SSSR count). The Morgan fingerprint density at radius 1 is 1.44 bits per heavy atom. The molecule has 0 fully saturated rings. The average molecular weight is 265 g/mol. The van der Waals surface area contributed by atoms with Gasteiger partial charge in [0.05, 0.1) is 11.7 Å².